The van der Waals surface area contributed by atoms with E-state index in [4.69, 9.17) is 11.6 Å². The van der Waals surface area contributed by atoms with Crippen LogP contribution < -0.4 is 11.0 Å². The largest absolute Gasteiger partial charge is 0.502 e. The first-order valence-electron chi connectivity index (χ1n) is 5.75. The lowest BCUT2D eigenvalue weighted by atomic mass is 10.2. The van der Waals surface area contributed by atoms with Crippen molar-refractivity contribution in [2.45, 2.75) is 0 Å². The number of nitrogens with zero attached hydrogens (tertiary/aromatic N) is 3. The van der Waals surface area contributed by atoms with E-state index in [1.807, 2.05) is 0 Å². The Labute approximate surface area is 123 Å². The van der Waals surface area contributed by atoms with Crippen LogP contribution in [0.25, 0.3) is 0 Å². The number of phenols is 1. The molecule has 2 aromatic rings. The summed E-state index contributed by atoms with van der Waals surface area (Å²) in [6.07, 6.45) is 2.72. The zero-order valence-electron chi connectivity index (χ0n) is 10.9. The second-order valence-electron chi connectivity index (χ2n) is 4.04. The molecular weight excluding hydrogens is 298 g/mol. The Hall–Kier alpha value is -2.74. The number of aromatic amines is 1. The van der Waals surface area contributed by atoms with Crippen molar-refractivity contribution in [3.8, 4) is 5.75 Å². The summed E-state index contributed by atoms with van der Waals surface area (Å²) < 4.78 is 0.539. The molecule has 0 atom stereocenters. The molecule has 0 amide bonds. The van der Waals surface area contributed by atoms with Crippen LogP contribution in [-0.2, 0) is 0 Å². The standard InChI is InChI=1S/C12H10ClN5O3/c1-18(21)9-4-7(2-3-10(9)19)5-14-16-8-6-15-17-12(20)11(8)13/h2-6H,1H3,(H2-,14,15,16,17,19,20,21)/p+1. The molecule has 0 radical (unpaired) electrons. The van der Waals surface area contributed by atoms with Crippen molar-refractivity contribution in [1.29, 1.82) is 0 Å². The molecular formula is C12H11ClN5O3+. The van der Waals surface area contributed by atoms with Gasteiger partial charge in [0.05, 0.1) is 12.4 Å². The van der Waals surface area contributed by atoms with E-state index in [2.05, 4.69) is 20.7 Å². The Morgan fingerprint density at radius 3 is 3.00 bits per heavy atom. The van der Waals surface area contributed by atoms with Crippen molar-refractivity contribution in [3.05, 3.63) is 50.2 Å². The van der Waals surface area contributed by atoms with E-state index in [1.165, 1.54) is 31.6 Å². The van der Waals surface area contributed by atoms with Gasteiger partial charge in [-0.15, -0.1) is 0 Å². The van der Waals surface area contributed by atoms with Gasteiger partial charge in [-0.25, -0.2) is 5.10 Å². The lowest BCUT2D eigenvalue weighted by Gasteiger charge is -2.00. The predicted octanol–water partition coefficient (Wildman–Crippen LogP) is 1.62. The summed E-state index contributed by atoms with van der Waals surface area (Å²) in [4.78, 5) is 22.4. The fraction of sp³-hybridized carbons (Fsp3) is 0.0833. The van der Waals surface area contributed by atoms with E-state index < -0.39 is 5.56 Å². The Kier molecular flexibility index (Phi) is 4.29. The Balaban J connectivity index is 2.19. The van der Waals surface area contributed by atoms with Crippen LogP contribution >= 0.6 is 11.6 Å². The van der Waals surface area contributed by atoms with Crippen LogP contribution in [0.15, 0.2) is 34.3 Å². The summed E-state index contributed by atoms with van der Waals surface area (Å²) in [5.74, 6) is -0.126. The monoisotopic (exact) mass is 308 g/mol. The molecule has 0 spiro atoms. The van der Waals surface area contributed by atoms with Crippen LogP contribution in [0.1, 0.15) is 5.56 Å². The molecule has 3 N–H and O–H groups in total. The third kappa shape index (κ3) is 3.42. The lowest BCUT2D eigenvalue weighted by Crippen LogP contribution is -2.10. The summed E-state index contributed by atoms with van der Waals surface area (Å²) in [7, 11) is 1.27. The molecule has 0 saturated carbocycles. The van der Waals surface area contributed by atoms with E-state index in [9.17, 15) is 14.8 Å². The van der Waals surface area contributed by atoms with Crippen LogP contribution in [0, 0.1) is 4.91 Å². The fourth-order valence-electron chi connectivity index (χ4n) is 1.51. The molecule has 1 aromatic carbocycles. The minimum Gasteiger partial charge on any atom is -0.502 e. The third-order valence-electron chi connectivity index (χ3n) is 2.53. The van der Waals surface area contributed by atoms with Crippen LogP contribution in [0.5, 0.6) is 5.75 Å². The SMILES string of the molecule is C[N+](=O)c1cc(/C=N\Nc2cn[nH]c(=O)c2Cl)ccc1O. The molecule has 0 unspecified atom stereocenters. The fourth-order valence-corrected chi connectivity index (χ4v) is 1.64. The predicted molar refractivity (Wildman–Crippen MR) is 78.4 cm³/mol. The van der Waals surface area contributed by atoms with Gasteiger partial charge in [0.15, 0.2) is 12.8 Å². The highest BCUT2D eigenvalue weighted by Gasteiger charge is 2.13. The zero-order valence-corrected chi connectivity index (χ0v) is 11.6. The van der Waals surface area contributed by atoms with Gasteiger partial charge in [-0.1, -0.05) is 11.6 Å². The van der Waals surface area contributed by atoms with Gasteiger partial charge >= 0.3 is 0 Å². The minimum absolute atomic E-state index is 0.0622. The maximum absolute atomic E-state index is 11.2. The van der Waals surface area contributed by atoms with Crippen molar-refractivity contribution >= 4 is 29.2 Å². The van der Waals surface area contributed by atoms with Crippen molar-refractivity contribution in [1.82, 2.24) is 10.2 Å². The molecule has 0 aliphatic rings. The maximum atomic E-state index is 11.2. The number of aromatic nitrogens is 2. The molecule has 1 aromatic heterocycles. The quantitative estimate of drug-likeness (QED) is 0.451. The van der Waals surface area contributed by atoms with E-state index in [0.29, 0.717) is 10.3 Å². The van der Waals surface area contributed by atoms with Crippen LogP contribution in [0.4, 0.5) is 11.4 Å². The van der Waals surface area contributed by atoms with Gasteiger partial charge < -0.3 is 5.11 Å². The average molecular weight is 309 g/mol. The number of hydrogen-bond donors (Lipinski definition) is 3. The number of phenolic OH excluding ortho intramolecular Hbond substituents is 1. The first-order chi connectivity index (χ1) is 9.99. The number of nitroso groups, excluding NO2 is 1. The normalized spacial score (nSPS) is 10.8. The second kappa shape index (κ2) is 6.14. The molecule has 21 heavy (non-hydrogen) atoms. The van der Waals surface area contributed by atoms with Gasteiger partial charge in [-0.2, -0.15) is 10.2 Å². The first kappa shape index (κ1) is 14.7. The van der Waals surface area contributed by atoms with E-state index in [1.54, 1.807) is 6.07 Å². The van der Waals surface area contributed by atoms with E-state index in [0.717, 1.165) is 0 Å². The molecule has 8 nitrogen and oxygen atoms in total. The number of nitrogens with one attached hydrogen (secondary N) is 2. The molecule has 108 valence electrons. The highest BCUT2D eigenvalue weighted by atomic mass is 35.5. The van der Waals surface area contributed by atoms with Gasteiger partial charge in [-0.05, 0) is 12.1 Å². The topological polar surface area (TPSA) is 110 Å². The second-order valence-corrected chi connectivity index (χ2v) is 4.42. The van der Waals surface area contributed by atoms with Crippen molar-refractivity contribution in [2.24, 2.45) is 5.10 Å². The smallest absolute Gasteiger partial charge is 0.297 e. The van der Waals surface area contributed by atoms with Crippen LogP contribution in [-0.4, -0.2) is 33.3 Å². The molecule has 0 saturated heterocycles. The average Bonchev–Trinajstić information content (AvgIpc) is 2.45. The molecule has 2 rings (SSSR count). The number of hydrazone groups is 1. The highest BCUT2D eigenvalue weighted by Crippen LogP contribution is 2.25. The molecule has 0 aliphatic heterocycles. The molecule has 1 heterocycles. The number of aromatic hydroxyl groups is 1. The van der Waals surface area contributed by atoms with Crippen LogP contribution in [0.3, 0.4) is 0 Å². The summed E-state index contributed by atoms with van der Waals surface area (Å²) in [6.45, 7) is 0. The zero-order chi connectivity index (χ0) is 15.4. The number of hydrogen-bond acceptors (Lipinski definition) is 6. The maximum Gasteiger partial charge on any atom is 0.297 e. The van der Waals surface area contributed by atoms with E-state index >= 15 is 0 Å². The lowest BCUT2D eigenvalue weighted by molar-refractivity contribution is -0.429. The summed E-state index contributed by atoms with van der Waals surface area (Å²) >= 11 is 5.76. The number of benzene rings is 1. The first-order valence-corrected chi connectivity index (χ1v) is 6.13. The molecule has 9 heteroatoms. The Morgan fingerprint density at radius 1 is 1.52 bits per heavy atom. The summed E-state index contributed by atoms with van der Waals surface area (Å²) in [5.41, 5.74) is 2.98. The number of H-pyrrole nitrogens is 1. The van der Waals surface area contributed by atoms with Gasteiger partial charge in [-0.3, -0.25) is 10.2 Å². The van der Waals surface area contributed by atoms with Gasteiger partial charge in [0.2, 0.25) is 0 Å². The summed E-state index contributed by atoms with van der Waals surface area (Å²) in [6, 6.07) is 4.42. The van der Waals surface area contributed by atoms with Crippen molar-refractivity contribution in [2.75, 3.05) is 12.5 Å². The molecule has 0 fully saturated rings. The number of anilines is 1. The summed E-state index contributed by atoms with van der Waals surface area (Å²) in [5, 5.41) is 19.1. The highest BCUT2D eigenvalue weighted by molar-refractivity contribution is 6.32. The number of halogens is 1. The van der Waals surface area contributed by atoms with Gasteiger partial charge in [0.25, 0.3) is 11.2 Å². The van der Waals surface area contributed by atoms with Crippen molar-refractivity contribution < 1.29 is 9.87 Å². The molecule has 0 aliphatic carbocycles. The third-order valence-corrected chi connectivity index (χ3v) is 2.91. The Bertz CT molecular complexity index is 772. The Morgan fingerprint density at radius 2 is 2.29 bits per heavy atom. The van der Waals surface area contributed by atoms with Gasteiger partial charge in [0, 0.05) is 21.3 Å². The minimum atomic E-state index is -0.531. The van der Waals surface area contributed by atoms with Crippen molar-refractivity contribution in [3.63, 3.8) is 0 Å². The molecule has 0 bridgehead atoms. The number of rotatable bonds is 4. The van der Waals surface area contributed by atoms with E-state index in [-0.39, 0.29) is 22.1 Å². The van der Waals surface area contributed by atoms with Crippen LogP contribution in [0.2, 0.25) is 5.02 Å². The van der Waals surface area contributed by atoms with Gasteiger partial charge in [0.1, 0.15) is 10.7 Å².